The summed E-state index contributed by atoms with van der Waals surface area (Å²) < 4.78 is 4.76. The summed E-state index contributed by atoms with van der Waals surface area (Å²) in [5.41, 5.74) is 0. The summed E-state index contributed by atoms with van der Waals surface area (Å²) in [6.07, 6.45) is 21.4. The standard InChI is InChI=1S/C22H41NO3/c1-3-5-6-7-8-9-10-11-12-13-14-15-16-17-18-19-21(24)23-20-22(25)26-4-2/h13-14H,3-12,15-20H2,1-2H3,(H,23,24)/b14-13-. The molecule has 0 radical (unpaired) electrons. The third-order valence-corrected chi connectivity index (χ3v) is 4.40. The molecule has 0 aliphatic carbocycles. The number of amides is 1. The predicted molar refractivity (Wildman–Crippen MR) is 109 cm³/mol. The zero-order chi connectivity index (χ0) is 19.3. The Kier molecular flexibility index (Phi) is 19.0. The number of allylic oxidation sites excluding steroid dienone is 2. The lowest BCUT2D eigenvalue weighted by atomic mass is 10.1. The molecule has 0 spiro atoms. The summed E-state index contributed by atoms with van der Waals surface area (Å²) >= 11 is 0. The molecule has 4 nitrogen and oxygen atoms in total. The van der Waals surface area contributed by atoms with Gasteiger partial charge in [-0.05, 0) is 39.0 Å². The van der Waals surface area contributed by atoms with E-state index < -0.39 is 0 Å². The van der Waals surface area contributed by atoms with Crippen LogP contribution in [0.25, 0.3) is 0 Å². The Morgan fingerprint density at radius 2 is 1.31 bits per heavy atom. The second-order valence-electron chi connectivity index (χ2n) is 6.92. The van der Waals surface area contributed by atoms with Gasteiger partial charge in [0, 0.05) is 6.42 Å². The molecule has 0 atom stereocenters. The van der Waals surface area contributed by atoms with Gasteiger partial charge in [-0.1, -0.05) is 70.4 Å². The molecule has 0 unspecified atom stereocenters. The summed E-state index contributed by atoms with van der Waals surface area (Å²) in [6, 6.07) is 0. The number of carbonyl (C=O) groups excluding carboxylic acids is 2. The van der Waals surface area contributed by atoms with Gasteiger partial charge in [0.15, 0.2) is 0 Å². The highest BCUT2D eigenvalue weighted by Gasteiger charge is 2.05. The summed E-state index contributed by atoms with van der Waals surface area (Å²) in [5, 5.41) is 2.59. The predicted octanol–water partition coefficient (Wildman–Crippen LogP) is 5.70. The van der Waals surface area contributed by atoms with E-state index in [2.05, 4.69) is 24.4 Å². The SMILES string of the molecule is CCCCCCCCCC/C=C\CCCCCC(=O)NCC(=O)OCC. The van der Waals surface area contributed by atoms with E-state index in [0.29, 0.717) is 13.0 Å². The zero-order valence-electron chi connectivity index (χ0n) is 17.2. The molecular formula is C22H41NO3. The molecule has 0 aromatic carbocycles. The monoisotopic (exact) mass is 367 g/mol. The molecule has 0 aliphatic heterocycles. The van der Waals surface area contributed by atoms with Crippen molar-refractivity contribution in [2.24, 2.45) is 0 Å². The normalized spacial score (nSPS) is 11.0. The molecule has 0 aromatic heterocycles. The van der Waals surface area contributed by atoms with E-state index in [-0.39, 0.29) is 18.4 Å². The minimum Gasteiger partial charge on any atom is -0.465 e. The Balaban J connectivity index is 3.28. The van der Waals surface area contributed by atoms with Gasteiger partial charge in [0.2, 0.25) is 5.91 Å². The van der Waals surface area contributed by atoms with E-state index in [1.165, 1.54) is 57.8 Å². The van der Waals surface area contributed by atoms with Crippen LogP contribution in [-0.2, 0) is 14.3 Å². The molecule has 26 heavy (non-hydrogen) atoms. The second-order valence-corrected chi connectivity index (χ2v) is 6.92. The van der Waals surface area contributed by atoms with Crippen molar-refractivity contribution in [3.63, 3.8) is 0 Å². The van der Waals surface area contributed by atoms with Crippen LogP contribution >= 0.6 is 0 Å². The van der Waals surface area contributed by atoms with E-state index >= 15 is 0 Å². The van der Waals surface area contributed by atoms with Gasteiger partial charge in [-0.3, -0.25) is 9.59 Å². The highest BCUT2D eigenvalue weighted by Crippen LogP contribution is 2.10. The van der Waals surface area contributed by atoms with Crippen LogP contribution in [0.15, 0.2) is 12.2 Å². The summed E-state index contributed by atoms with van der Waals surface area (Å²) in [6.45, 7) is 4.34. The first kappa shape index (κ1) is 24.7. The van der Waals surface area contributed by atoms with Crippen molar-refractivity contribution in [1.82, 2.24) is 5.32 Å². The molecule has 0 heterocycles. The molecule has 0 aromatic rings. The quantitative estimate of drug-likeness (QED) is 0.192. The number of unbranched alkanes of at least 4 members (excludes halogenated alkanes) is 11. The maximum atomic E-state index is 11.6. The first-order valence-electron chi connectivity index (χ1n) is 10.8. The zero-order valence-corrected chi connectivity index (χ0v) is 17.2. The molecule has 0 bridgehead atoms. The van der Waals surface area contributed by atoms with Crippen LogP contribution in [0.1, 0.15) is 104 Å². The fourth-order valence-electron chi connectivity index (χ4n) is 2.83. The van der Waals surface area contributed by atoms with Crippen molar-refractivity contribution in [3.8, 4) is 0 Å². The fourth-order valence-corrected chi connectivity index (χ4v) is 2.83. The van der Waals surface area contributed by atoms with Gasteiger partial charge >= 0.3 is 5.97 Å². The highest BCUT2D eigenvalue weighted by atomic mass is 16.5. The minimum atomic E-state index is -0.373. The third-order valence-electron chi connectivity index (χ3n) is 4.40. The lowest BCUT2D eigenvalue weighted by Gasteiger charge is -2.04. The lowest BCUT2D eigenvalue weighted by molar-refractivity contribution is -0.143. The van der Waals surface area contributed by atoms with Crippen molar-refractivity contribution < 1.29 is 14.3 Å². The minimum absolute atomic E-state index is 0.0197. The maximum absolute atomic E-state index is 11.6. The Hall–Kier alpha value is -1.32. The van der Waals surface area contributed by atoms with Crippen LogP contribution in [-0.4, -0.2) is 25.0 Å². The Morgan fingerprint density at radius 3 is 1.88 bits per heavy atom. The first-order valence-corrected chi connectivity index (χ1v) is 10.8. The van der Waals surface area contributed by atoms with Crippen LogP contribution in [0.5, 0.6) is 0 Å². The Labute approximate surface area is 161 Å². The smallest absolute Gasteiger partial charge is 0.325 e. The molecule has 0 aliphatic rings. The number of hydrogen-bond donors (Lipinski definition) is 1. The van der Waals surface area contributed by atoms with Gasteiger partial charge in [0.25, 0.3) is 0 Å². The van der Waals surface area contributed by atoms with Gasteiger partial charge in [-0.2, -0.15) is 0 Å². The molecule has 0 saturated heterocycles. The molecule has 0 rings (SSSR count). The second kappa shape index (κ2) is 20.0. The van der Waals surface area contributed by atoms with Crippen LogP contribution in [0.4, 0.5) is 0 Å². The van der Waals surface area contributed by atoms with Crippen molar-refractivity contribution >= 4 is 11.9 Å². The van der Waals surface area contributed by atoms with Crippen LogP contribution < -0.4 is 5.32 Å². The van der Waals surface area contributed by atoms with E-state index in [0.717, 1.165) is 25.7 Å². The summed E-state index contributed by atoms with van der Waals surface area (Å²) in [5.74, 6) is -0.439. The number of hydrogen-bond acceptors (Lipinski definition) is 3. The van der Waals surface area contributed by atoms with Crippen molar-refractivity contribution in [3.05, 3.63) is 12.2 Å². The first-order chi connectivity index (χ1) is 12.7. The molecule has 0 fully saturated rings. The van der Waals surface area contributed by atoms with E-state index in [4.69, 9.17) is 4.74 Å². The maximum Gasteiger partial charge on any atom is 0.325 e. The largest absolute Gasteiger partial charge is 0.465 e. The number of rotatable bonds is 18. The van der Waals surface area contributed by atoms with Crippen LogP contribution in [0.2, 0.25) is 0 Å². The molecule has 1 N–H and O–H groups in total. The molecule has 0 saturated carbocycles. The van der Waals surface area contributed by atoms with Crippen molar-refractivity contribution in [2.45, 2.75) is 104 Å². The van der Waals surface area contributed by atoms with Crippen LogP contribution in [0.3, 0.4) is 0 Å². The average molecular weight is 368 g/mol. The van der Waals surface area contributed by atoms with Gasteiger partial charge in [-0.15, -0.1) is 0 Å². The number of esters is 1. The van der Waals surface area contributed by atoms with Gasteiger partial charge in [0.05, 0.1) is 6.61 Å². The van der Waals surface area contributed by atoms with E-state index in [9.17, 15) is 9.59 Å². The number of carbonyl (C=O) groups is 2. The topological polar surface area (TPSA) is 55.4 Å². The van der Waals surface area contributed by atoms with Crippen molar-refractivity contribution in [1.29, 1.82) is 0 Å². The Bertz CT molecular complexity index is 366. The van der Waals surface area contributed by atoms with Gasteiger partial charge < -0.3 is 10.1 Å². The molecule has 152 valence electrons. The lowest BCUT2D eigenvalue weighted by Crippen LogP contribution is -2.30. The Morgan fingerprint density at radius 1 is 0.769 bits per heavy atom. The number of ether oxygens (including phenoxy) is 1. The molecule has 1 amide bonds. The molecule has 4 heteroatoms. The van der Waals surface area contributed by atoms with Crippen LogP contribution in [0, 0.1) is 0 Å². The van der Waals surface area contributed by atoms with Gasteiger partial charge in [0.1, 0.15) is 6.54 Å². The third kappa shape index (κ3) is 19.0. The van der Waals surface area contributed by atoms with E-state index in [1.54, 1.807) is 6.92 Å². The highest BCUT2D eigenvalue weighted by molar-refractivity contribution is 5.81. The summed E-state index contributed by atoms with van der Waals surface area (Å²) in [4.78, 5) is 22.7. The van der Waals surface area contributed by atoms with E-state index in [1.807, 2.05) is 0 Å². The fraction of sp³-hybridized carbons (Fsp3) is 0.818. The van der Waals surface area contributed by atoms with Crippen molar-refractivity contribution in [2.75, 3.05) is 13.2 Å². The van der Waals surface area contributed by atoms with Gasteiger partial charge in [-0.25, -0.2) is 0 Å². The average Bonchev–Trinajstić information content (AvgIpc) is 2.63. The number of nitrogens with one attached hydrogen (secondary N) is 1. The molecular weight excluding hydrogens is 326 g/mol. The summed E-state index contributed by atoms with van der Waals surface area (Å²) in [7, 11) is 0.